The normalized spacial score (nSPS) is 17.0. The van der Waals surface area contributed by atoms with Crippen LogP contribution in [0.2, 0.25) is 0 Å². The highest BCUT2D eigenvalue weighted by atomic mass is 16.1. The van der Waals surface area contributed by atoms with Gasteiger partial charge in [-0.3, -0.25) is 9.48 Å². The number of aromatic amines is 1. The number of aryl methyl sites for hydroxylation is 2. The lowest BCUT2D eigenvalue weighted by Crippen LogP contribution is -2.25. The highest BCUT2D eigenvalue weighted by molar-refractivity contribution is 5.82. The van der Waals surface area contributed by atoms with Gasteiger partial charge in [-0.15, -0.1) is 0 Å². The largest absolute Gasteiger partial charge is 0.353 e. The Morgan fingerprint density at radius 3 is 3.07 bits per heavy atom. The van der Waals surface area contributed by atoms with Crippen molar-refractivity contribution in [3.63, 3.8) is 0 Å². The van der Waals surface area contributed by atoms with Gasteiger partial charge in [0.25, 0.3) is 0 Å². The molecule has 0 bridgehead atoms. The lowest BCUT2D eigenvalue weighted by atomic mass is 10.2. The van der Waals surface area contributed by atoms with Crippen molar-refractivity contribution in [2.24, 2.45) is 0 Å². The van der Waals surface area contributed by atoms with Crippen molar-refractivity contribution in [2.75, 3.05) is 11.4 Å². The highest BCUT2D eigenvalue weighted by Gasteiger charge is 2.24. The summed E-state index contributed by atoms with van der Waals surface area (Å²) in [5.41, 5.74) is 3.67. The van der Waals surface area contributed by atoms with Crippen LogP contribution in [-0.4, -0.2) is 48.2 Å². The summed E-state index contributed by atoms with van der Waals surface area (Å²) in [7, 11) is 0. The summed E-state index contributed by atoms with van der Waals surface area (Å²) in [6, 6.07) is 2.53. The first kappa shape index (κ1) is 16.2. The molecular weight excluding hydrogens is 344 g/mol. The van der Waals surface area contributed by atoms with Crippen LogP contribution in [0.4, 0.5) is 5.82 Å². The molecule has 1 aliphatic carbocycles. The maximum Gasteiger partial charge on any atom is 0.220 e. The molecule has 1 aliphatic heterocycles. The Hall–Kier alpha value is -2.97. The molecule has 1 fully saturated rings. The molecule has 1 amide bonds. The van der Waals surface area contributed by atoms with E-state index in [1.807, 2.05) is 0 Å². The number of hydrogen-bond acceptors (Lipinski definition) is 6. The number of nitrogens with one attached hydrogen (secondary N) is 2. The van der Waals surface area contributed by atoms with Crippen molar-refractivity contribution >= 4 is 22.9 Å². The molecule has 0 radical (unpaired) electrons. The fourth-order valence-corrected chi connectivity index (χ4v) is 3.59. The molecular formula is C18H22N8O. The second kappa shape index (κ2) is 6.64. The highest BCUT2D eigenvalue weighted by Crippen LogP contribution is 2.24. The maximum absolute atomic E-state index is 11.9. The second-order valence-electron chi connectivity index (χ2n) is 7.27. The smallest absolute Gasteiger partial charge is 0.220 e. The van der Waals surface area contributed by atoms with Crippen LogP contribution < -0.4 is 10.2 Å². The van der Waals surface area contributed by atoms with Gasteiger partial charge >= 0.3 is 0 Å². The monoisotopic (exact) mass is 366 g/mol. The number of anilines is 1. The van der Waals surface area contributed by atoms with E-state index in [1.54, 1.807) is 12.7 Å². The average Bonchev–Trinajstić information content (AvgIpc) is 3.26. The van der Waals surface area contributed by atoms with Crippen LogP contribution in [0.25, 0.3) is 11.2 Å². The van der Waals surface area contributed by atoms with Crippen LogP contribution in [0.1, 0.15) is 37.1 Å². The number of carbonyl (C=O) groups is 1. The predicted molar refractivity (Wildman–Crippen MR) is 99.1 cm³/mol. The molecule has 27 heavy (non-hydrogen) atoms. The summed E-state index contributed by atoms with van der Waals surface area (Å²) in [4.78, 5) is 30.2. The predicted octanol–water partition coefficient (Wildman–Crippen LogP) is 1.17. The lowest BCUT2D eigenvalue weighted by molar-refractivity contribution is -0.121. The Bertz CT molecular complexity index is 973. The number of amides is 1. The molecule has 1 saturated carbocycles. The lowest BCUT2D eigenvalue weighted by Gasteiger charge is -2.21. The minimum Gasteiger partial charge on any atom is -0.353 e. The molecule has 4 heterocycles. The van der Waals surface area contributed by atoms with E-state index < -0.39 is 0 Å². The number of carbonyl (C=O) groups excluding carboxylic acids is 1. The van der Waals surface area contributed by atoms with Crippen LogP contribution in [-0.2, 0) is 24.3 Å². The van der Waals surface area contributed by atoms with Crippen LogP contribution >= 0.6 is 0 Å². The van der Waals surface area contributed by atoms with Gasteiger partial charge < -0.3 is 15.2 Å². The Labute approximate surface area is 156 Å². The van der Waals surface area contributed by atoms with Crippen LogP contribution in [0.5, 0.6) is 0 Å². The number of rotatable bonds is 5. The van der Waals surface area contributed by atoms with Crippen LogP contribution in [0, 0.1) is 0 Å². The Kier molecular flexibility index (Phi) is 3.99. The number of imidazole rings is 1. The van der Waals surface area contributed by atoms with Gasteiger partial charge in [-0.05, 0) is 25.3 Å². The van der Waals surface area contributed by atoms with E-state index in [-0.39, 0.29) is 5.91 Å². The molecule has 0 unspecified atom stereocenters. The van der Waals surface area contributed by atoms with Gasteiger partial charge in [-0.1, -0.05) is 0 Å². The number of hydrogen-bond donors (Lipinski definition) is 2. The van der Waals surface area contributed by atoms with E-state index in [1.165, 1.54) is 0 Å². The number of aromatic nitrogens is 6. The zero-order valence-electron chi connectivity index (χ0n) is 15.1. The summed E-state index contributed by atoms with van der Waals surface area (Å²) in [5, 5.41) is 7.75. The molecule has 3 aromatic heterocycles. The average molecular weight is 366 g/mol. The Morgan fingerprint density at radius 2 is 2.19 bits per heavy atom. The quantitative estimate of drug-likeness (QED) is 0.702. The van der Waals surface area contributed by atoms with E-state index in [0.29, 0.717) is 24.5 Å². The first-order valence-corrected chi connectivity index (χ1v) is 9.50. The third-order valence-corrected chi connectivity index (χ3v) is 5.12. The molecule has 0 aromatic carbocycles. The summed E-state index contributed by atoms with van der Waals surface area (Å²) >= 11 is 0. The van der Waals surface area contributed by atoms with Crippen molar-refractivity contribution in [1.29, 1.82) is 0 Å². The topological polar surface area (TPSA) is 105 Å². The summed E-state index contributed by atoms with van der Waals surface area (Å²) in [6.45, 7) is 2.50. The van der Waals surface area contributed by atoms with Gasteiger partial charge in [-0.2, -0.15) is 5.10 Å². The summed E-state index contributed by atoms with van der Waals surface area (Å²) in [5.74, 6) is 1.00. The minimum absolute atomic E-state index is 0.130. The number of H-pyrrole nitrogens is 1. The van der Waals surface area contributed by atoms with E-state index in [9.17, 15) is 4.79 Å². The number of fused-ring (bicyclic) bond motifs is 2. The minimum atomic E-state index is 0.130. The first-order valence-electron chi connectivity index (χ1n) is 9.50. The molecule has 9 heteroatoms. The fourth-order valence-electron chi connectivity index (χ4n) is 3.59. The molecule has 0 atom stereocenters. The number of nitrogens with zero attached hydrogens (tertiary/aromatic N) is 6. The summed E-state index contributed by atoms with van der Waals surface area (Å²) < 4.78 is 2.07. The van der Waals surface area contributed by atoms with Crippen LogP contribution in [0.15, 0.2) is 18.7 Å². The second-order valence-corrected chi connectivity index (χ2v) is 7.27. The van der Waals surface area contributed by atoms with Crippen molar-refractivity contribution in [3.05, 3.63) is 30.1 Å². The van der Waals surface area contributed by atoms with Crippen molar-refractivity contribution in [1.82, 2.24) is 35.0 Å². The zero-order valence-corrected chi connectivity index (χ0v) is 15.1. The molecule has 5 rings (SSSR count). The Morgan fingerprint density at radius 1 is 1.26 bits per heavy atom. The van der Waals surface area contributed by atoms with Crippen molar-refractivity contribution in [2.45, 2.75) is 51.2 Å². The molecule has 9 nitrogen and oxygen atoms in total. The van der Waals surface area contributed by atoms with Gasteiger partial charge in [0.2, 0.25) is 5.91 Å². The first-order chi connectivity index (χ1) is 13.3. The molecule has 2 aliphatic rings. The van der Waals surface area contributed by atoms with E-state index >= 15 is 0 Å². The van der Waals surface area contributed by atoms with Gasteiger partial charge in [-0.25, -0.2) is 15.0 Å². The van der Waals surface area contributed by atoms with Gasteiger partial charge in [0.05, 0.1) is 24.3 Å². The van der Waals surface area contributed by atoms with E-state index in [0.717, 1.165) is 61.6 Å². The van der Waals surface area contributed by atoms with E-state index in [2.05, 4.69) is 40.9 Å². The SMILES string of the molecule is O=C(CCc1cc2n(n1)CCCN(c1ncnc3nc[nH]c13)C2)NC1CC1. The van der Waals surface area contributed by atoms with Gasteiger partial charge in [0.15, 0.2) is 11.5 Å². The van der Waals surface area contributed by atoms with Crippen molar-refractivity contribution < 1.29 is 4.79 Å². The standard InChI is InChI=1S/C18H22N8O/c27-15(23-12-2-3-12)5-4-13-8-14-9-25(6-1-7-26(14)24-13)18-16-17(20-10-19-16)21-11-22-18/h8,10-12H,1-7,9H2,(H,23,27)(H,19,20,21,22). The molecule has 2 N–H and O–H groups in total. The third kappa shape index (κ3) is 3.36. The molecule has 3 aromatic rings. The van der Waals surface area contributed by atoms with E-state index in [4.69, 9.17) is 5.10 Å². The van der Waals surface area contributed by atoms with Gasteiger partial charge in [0, 0.05) is 32.0 Å². The van der Waals surface area contributed by atoms with Gasteiger partial charge in [0.1, 0.15) is 11.8 Å². The molecule has 0 spiro atoms. The van der Waals surface area contributed by atoms with Crippen LogP contribution in [0.3, 0.4) is 0 Å². The summed E-state index contributed by atoms with van der Waals surface area (Å²) in [6.07, 6.45) is 7.60. The zero-order chi connectivity index (χ0) is 18.2. The van der Waals surface area contributed by atoms with Crippen molar-refractivity contribution in [3.8, 4) is 0 Å². The Balaban J connectivity index is 1.32. The maximum atomic E-state index is 11.9. The fraction of sp³-hybridized carbons (Fsp3) is 0.500. The molecule has 0 saturated heterocycles. The molecule has 140 valence electrons. The third-order valence-electron chi connectivity index (χ3n) is 5.12.